The molecule has 1 aliphatic rings. The maximum absolute atomic E-state index is 12.4. The Bertz CT molecular complexity index is 722. The molecule has 0 fully saturated rings. The molecule has 0 spiro atoms. The van der Waals surface area contributed by atoms with Gasteiger partial charge in [-0.1, -0.05) is 13.8 Å². The fourth-order valence-electron chi connectivity index (χ4n) is 3.36. The molecule has 1 aliphatic carbocycles. The number of rotatable bonds is 2. The molecule has 0 saturated carbocycles. The highest BCUT2D eigenvalue weighted by atomic mass is 16.3. The Hall–Kier alpha value is -2.24. The van der Waals surface area contributed by atoms with Gasteiger partial charge in [-0.25, -0.2) is 4.79 Å². The predicted molar refractivity (Wildman–Crippen MR) is 88.5 cm³/mol. The Labute approximate surface area is 136 Å². The number of urea groups is 1. The number of hydrogen-bond acceptors (Lipinski definition) is 3. The Balaban J connectivity index is 1.78. The highest BCUT2D eigenvalue weighted by Crippen LogP contribution is 2.42. The third-order valence-corrected chi connectivity index (χ3v) is 4.41. The van der Waals surface area contributed by atoms with Gasteiger partial charge >= 0.3 is 6.03 Å². The first-order valence-electron chi connectivity index (χ1n) is 7.93. The number of fused-ring (bicyclic) bond motifs is 1. The van der Waals surface area contributed by atoms with Gasteiger partial charge < -0.3 is 15.1 Å². The Kier molecular flexibility index (Phi) is 3.70. The van der Waals surface area contributed by atoms with Crippen LogP contribution < -0.4 is 10.6 Å². The van der Waals surface area contributed by atoms with Crippen LogP contribution in [-0.2, 0) is 6.42 Å². The molecule has 1 unspecified atom stereocenters. The number of aromatic nitrogens is 2. The predicted octanol–water partition coefficient (Wildman–Crippen LogP) is 3.76. The maximum atomic E-state index is 12.4. The van der Waals surface area contributed by atoms with Crippen LogP contribution in [0.2, 0.25) is 0 Å². The van der Waals surface area contributed by atoms with Gasteiger partial charge in [0.2, 0.25) is 0 Å². The third kappa shape index (κ3) is 3.11. The van der Waals surface area contributed by atoms with Gasteiger partial charge in [-0.15, -0.1) is 0 Å². The Morgan fingerprint density at radius 2 is 2.13 bits per heavy atom. The summed E-state index contributed by atoms with van der Waals surface area (Å²) in [6.45, 7) is 10.1. The summed E-state index contributed by atoms with van der Waals surface area (Å²) < 4.78 is 5.81. The summed E-state index contributed by atoms with van der Waals surface area (Å²) in [5.74, 6) is 1.88. The zero-order chi connectivity index (χ0) is 16.8. The van der Waals surface area contributed by atoms with Gasteiger partial charge in [0, 0.05) is 12.0 Å². The summed E-state index contributed by atoms with van der Waals surface area (Å²) >= 11 is 0. The van der Waals surface area contributed by atoms with E-state index in [1.54, 1.807) is 0 Å². The molecule has 6 heteroatoms. The monoisotopic (exact) mass is 316 g/mol. The van der Waals surface area contributed by atoms with Gasteiger partial charge in [0.15, 0.2) is 0 Å². The van der Waals surface area contributed by atoms with Crippen molar-refractivity contribution < 1.29 is 9.21 Å². The lowest BCUT2D eigenvalue weighted by Crippen LogP contribution is -2.38. The SMILES string of the molecule is Cc1cc2c(o1)CC(C)(C)CC2NC(=O)Nc1c(C)n[nH]c1C. The van der Waals surface area contributed by atoms with Crippen molar-refractivity contribution in [3.63, 3.8) is 0 Å². The second kappa shape index (κ2) is 5.44. The van der Waals surface area contributed by atoms with Crippen LogP contribution in [0, 0.1) is 26.2 Å². The molecule has 0 aliphatic heterocycles. The first-order chi connectivity index (χ1) is 10.7. The van der Waals surface area contributed by atoms with Crippen LogP contribution >= 0.6 is 0 Å². The maximum Gasteiger partial charge on any atom is 0.319 e. The molecule has 1 atom stereocenters. The molecular weight excluding hydrogens is 292 g/mol. The Morgan fingerprint density at radius 1 is 1.39 bits per heavy atom. The van der Waals surface area contributed by atoms with Gasteiger partial charge in [-0.05, 0) is 38.7 Å². The highest BCUT2D eigenvalue weighted by Gasteiger charge is 2.35. The van der Waals surface area contributed by atoms with Crippen molar-refractivity contribution in [1.82, 2.24) is 15.5 Å². The minimum absolute atomic E-state index is 0.0429. The van der Waals surface area contributed by atoms with E-state index >= 15 is 0 Å². The molecule has 0 radical (unpaired) electrons. The van der Waals surface area contributed by atoms with Gasteiger partial charge in [0.1, 0.15) is 11.5 Å². The van der Waals surface area contributed by atoms with Crippen LogP contribution in [0.25, 0.3) is 0 Å². The first-order valence-corrected chi connectivity index (χ1v) is 7.93. The minimum atomic E-state index is -0.217. The van der Waals surface area contributed by atoms with E-state index in [1.807, 2.05) is 26.8 Å². The zero-order valence-corrected chi connectivity index (χ0v) is 14.3. The van der Waals surface area contributed by atoms with Crippen molar-refractivity contribution in [2.24, 2.45) is 5.41 Å². The highest BCUT2D eigenvalue weighted by molar-refractivity contribution is 5.90. The normalized spacial score (nSPS) is 19.3. The van der Waals surface area contributed by atoms with E-state index in [4.69, 9.17) is 4.42 Å². The number of amides is 2. The van der Waals surface area contributed by atoms with E-state index < -0.39 is 0 Å². The van der Waals surface area contributed by atoms with Gasteiger partial charge in [0.25, 0.3) is 0 Å². The molecule has 2 aromatic rings. The quantitative estimate of drug-likeness (QED) is 0.788. The number of nitrogens with zero attached hydrogens (tertiary/aromatic N) is 1. The summed E-state index contributed by atoms with van der Waals surface area (Å²) in [4.78, 5) is 12.4. The fourth-order valence-corrected chi connectivity index (χ4v) is 3.36. The fraction of sp³-hybridized carbons (Fsp3) is 0.529. The Morgan fingerprint density at radius 3 is 2.78 bits per heavy atom. The average Bonchev–Trinajstić information content (AvgIpc) is 2.94. The second-order valence-corrected chi connectivity index (χ2v) is 7.24. The van der Waals surface area contributed by atoms with Crippen molar-refractivity contribution in [2.75, 3.05) is 5.32 Å². The summed E-state index contributed by atoms with van der Waals surface area (Å²) in [5, 5.41) is 12.9. The molecule has 2 heterocycles. The van der Waals surface area contributed by atoms with Crippen LogP contribution in [0.3, 0.4) is 0 Å². The molecule has 124 valence electrons. The molecule has 2 aromatic heterocycles. The number of aromatic amines is 1. The number of carbonyl (C=O) groups is 1. The van der Waals surface area contributed by atoms with Crippen LogP contribution in [-0.4, -0.2) is 16.2 Å². The average molecular weight is 316 g/mol. The van der Waals surface area contributed by atoms with Crippen LogP contribution in [0.4, 0.5) is 10.5 Å². The molecule has 3 rings (SSSR count). The lowest BCUT2D eigenvalue weighted by molar-refractivity contribution is 0.222. The summed E-state index contributed by atoms with van der Waals surface area (Å²) in [5.41, 5.74) is 3.55. The van der Waals surface area contributed by atoms with E-state index in [0.29, 0.717) is 0 Å². The number of carbonyl (C=O) groups excluding carboxylic acids is 1. The molecule has 0 bridgehead atoms. The van der Waals surface area contributed by atoms with Crippen LogP contribution in [0.15, 0.2) is 10.5 Å². The lowest BCUT2D eigenvalue weighted by atomic mass is 9.75. The molecule has 2 amide bonds. The molecular formula is C17H24N4O2. The standard InChI is InChI=1S/C17H24N4O2/c1-9-6-12-13(7-17(4,5)8-14(12)23-9)18-16(22)19-15-10(2)20-21-11(15)3/h6,13H,7-8H2,1-5H3,(H,20,21)(H2,18,19,22). The van der Waals surface area contributed by atoms with Crippen molar-refractivity contribution in [2.45, 2.75) is 53.5 Å². The van der Waals surface area contributed by atoms with E-state index in [0.717, 1.165) is 47.0 Å². The second-order valence-electron chi connectivity index (χ2n) is 7.24. The van der Waals surface area contributed by atoms with Crippen molar-refractivity contribution >= 4 is 11.7 Å². The number of H-pyrrole nitrogens is 1. The topological polar surface area (TPSA) is 82.9 Å². The number of aryl methyl sites for hydroxylation is 3. The van der Waals surface area contributed by atoms with Crippen LogP contribution in [0.5, 0.6) is 0 Å². The summed E-state index contributed by atoms with van der Waals surface area (Å²) in [6.07, 6.45) is 1.78. The lowest BCUT2D eigenvalue weighted by Gasteiger charge is -2.34. The molecule has 3 N–H and O–H groups in total. The van der Waals surface area contributed by atoms with Crippen molar-refractivity contribution in [1.29, 1.82) is 0 Å². The number of furan rings is 1. The minimum Gasteiger partial charge on any atom is -0.466 e. The molecule has 0 saturated heterocycles. The molecule has 6 nitrogen and oxygen atoms in total. The van der Waals surface area contributed by atoms with Gasteiger partial charge in [-0.2, -0.15) is 5.10 Å². The van der Waals surface area contributed by atoms with Crippen LogP contribution in [0.1, 0.15) is 54.8 Å². The van der Waals surface area contributed by atoms with E-state index in [9.17, 15) is 4.79 Å². The number of hydrogen-bond donors (Lipinski definition) is 3. The summed E-state index contributed by atoms with van der Waals surface area (Å²) in [7, 11) is 0. The van der Waals surface area contributed by atoms with Gasteiger partial charge in [-0.3, -0.25) is 5.10 Å². The first kappa shape index (κ1) is 15.6. The number of nitrogens with one attached hydrogen (secondary N) is 3. The van der Waals surface area contributed by atoms with E-state index in [1.165, 1.54) is 0 Å². The zero-order valence-electron chi connectivity index (χ0n) is 14.3. The smallest absolute Gasteiger partial charge is 0.319 e. The largest absolute Gasteiger partial charge is 0.466 e. The molecule has 0 aromatic carbocycles. The van der Waals surface area contributed by atoms with E-state index in [2.05, 4.69) is 34.7 Å². The van der Waals surface area contributed by atoms with Crippen molar-refractivity contribution in [3.8, 4) is 0 Å². The number of anilines is 1. The van der Waals surface area contributed by atoms with Gasteiger partial charge in [0.05, 0.1) is 23.1 Å². The summed E-state index contributed by atoms with van der Waals surface area (Å²) in [6, 6.07) is 1.77. The third-order valence-electron chi connectivity index (χ3n) is 4.41. The molecule has 23 heavy (non-hydrogen) atoms. The van der Waals surface area contributed by atoms with E-state index in [-0.39, 0.29) is 17.5 Å². The van der Waals surface area contributed by atoms with Crippen molar-refractivity contribution in [3.05, 3.63) is 34.5 Å².